The summed E-state index contributed by atoms with van der Waals surface area (Å²) in [5.41, 5.74) is 1.42. The number of benzene rings is 1. The monoisotopic (exact) mass is 408 g/mol. The van der Waals surface area contributed by atoms with Crippen LogP contribution in [0, 0.1) is 5.82 Å². The summed E-state index contributed by atoms with van der Waals surface area (Å²) in [6.07, 6.45) is 3.42. The van der Waals surface area contributed by atoms with Gasteiger partial charge in [-0.1, -0.05) is 12.1 Å². The van der Waals surface area contributed by atoms with E-state index in [1.165, 1.54) is 12.1 Å². The number of nitrogens with zero attached hydrogens (tertiary/aromatic N) is 5. The van der Waals surface area contributed by atoms with Crippen LogP contribution in [0.1, 0.15) is 17.4 Å². The molecule has 0 aliphatic carbocycles. The number of carbonyl (C=O) groups excluding carboxylic acids is 1. The Balaban J connectivity index is 1.77. The lowest BCUT2D eigenvalue weighted by molar-refractivity contribution is -0.122. The highest BCUT2D eigenvalue weighted by Gasteiger charge is 2.22. The van der Waals surface area contributed by atoms with Crippen molar-refractivity contribution in [3.8, 4) is 0 Å². The number of aromatic amines is 1. The number of rotatable bonds is 7. The summed E-state index contributed by atoms with van der Waals surface area (Å²) in [4.78, 5) is 18.9. The van der Waals surface area contributed by atoms with Gasteiger partial charge in [-0.05, 0) is 43.9 Å². The molecule has 9 nitrogen and oxygen atoms in total. The molecule has 3 N–H and O–H groups in total. The van der Waals surface area contributed by atoms with Crippen molar-refractivity contribution in [2.45, 2.75) is 6.04 Å². The molecule has 0 aliphatic heterocycles. The third-order valence-corrected chi connectivity index (χ3v) is 4.39. The van der Waals surface area contributed by atoms with Crippen molar-refractivity contribution in [1.29, 1.82) is 0 Å². The van der Waals surface area contributed by atoms with E-state index >= 15 is 0 Å². The zero-order chi connectivity index (χ0) is 21.1. The molecule has 4 rings (SSSR count). The van der Waals surface area contributed by atoms with Gasteiger partial charge in [0.2, 0.25) is 5.91 Å². The van der Waals surface area contributed by atoms with Crippen molar-refractivity contribution in [1.82, 2.24) is 35.0 Å². The van der Waals surface area contributed by atoms with E-state index in [0.29, 0.717) is 23.0 Å². The van der Waals surface area contributed by atoms with Crippen molar-refractivity contribution in [3.05, 3.63) is 72.1 Å². The maximum absolute atomic E-state index is 13.5. The Kier molecular flexibility index (Phi) is 5.40. The minimum Gasteiger partial charge on any atom is -0.341 e. The van der Waals surface area contributed by atoms with Gasteiger partial charge in [-0.3, -0.25) is 9.89 Å². The molecule has 0 saturated carbocycles. The van der Waals surface area contributed by atoms with Crippen LogP contribution in [-0.4, -0.2) is 56.2 Å². The molecule has 3 heterocycles. The van der Waals surface area contributed by atoms with Gasteiger partial charge in [0, 0.05) is 12.3 Å². The lowest BCUT2D eigenvalue weighted by Crippen LogP contribution is -2.37. The summed E-state index contributed by atoms with van der Waals surface area (Å²) in [5, 5.41) is 17.5. The van der Waals surface area contributed by atoms with E-state index < -0.39 is 6.04 Å². The summed E-state index contributed by atoms with van der Waals surface area (Å²) >= 11 is 0. The number of aromatic nitrogens is 5. The number of anilines is 2. The molecule has 1 unspecified atom stereocenters. The van der Waals surface area contributed by atoms with Gasteiger partial charge < -0.3 is 15.5 Å². The molecule has 0 saturated heterocycles. The molecule has 0 aliphatic rings. The van der Waals surface area contributed by atoms with Crippen LogP contribution >= 0.6 is 0 Å². The number of fused-ring (bicyclic) bond motifs is 1. The number of hydrogen-bond donors (Lipinski definition) is 3. The fourth-order valence-electron chi connectivity index (χ4n) is 3.06. The average Bonchev–Trinajstić information content (AvgIpc) is 3.38. The van der Waals surface area contributed by atoms with E-state index in [0.717, 1.165) is 5.52 Å². The SMILES string of the molecule is CN(C)CC(=O)NC(c1ccc(F)cc1)c1nc(Nc2ccn[nH]2)c2cccn2n1. The molecular formula is C20H21FN8O. The number of H-pyrrole nitrogens is 1. The van der Waals surface area contributed by atoms with Crippen molar-refractivity contribution in [2.24, 2.45) is 0 Å². The number of halogens is 1. The molecule has 1 amide bonds. The van der Waals surface area contributed by atoms with Crippen LogP contribution in [0.25, 0.3) is 5.52 Å². The second kappa shape index (κ2) is 8.29. The van der Waals surface area contributed by atoms with Crippen molar-refractivity contribution in [2.75, 3.05) is 26.0 Å². The zero-order valence-corrected chi connectivity index (χ0v) is 16.5. The highest BCUT2D eigenvalue weighted by atomic mass is 19.1. The van der Waals surface area contributed by atoms with Crippen LogP contribution in [-0.2, 0) is 4.79 Å². The summed E-state index contributed by atoms with van der Waals surface area (Å²) in [6.45, 7) is 0.197. The van der Waals surface area contributed by atoms with Crippen LogP contribution in [0.15, 0.2) is 54.9 Å². The first-order valence-electron chi connectivity index (χ1n) is 9.31. The van der Waals surface area contributed by atoms with Gasteiger partial charge in [-0.15, -0.1) is 5.10 Å². The first-order valence-corrected chi connectivity index (χ1v) is 9.31. The number of hydrogen-bond acceptors (Lipinski definition) is 6. The number of likely N-dealkylation sites (N-methyl/N-ethyl adjacent to an activating group) is 1. The maximum atomic E-state index is 13.5. The van der Waals surface area contributed by atoms with E-state index in [1.807, 2.05) is 12.1 Å². The van der Waals surface area contributed by atoms with Gasteiger partial charge in [0.1, 0.15) is 23.2 Å². The quantitative estimate of drug-likeness (QED) is 0.433. The summed E-state index contributed by atoms with van der Waals surface area (Å²) in [6, 6.07) is 10.8. The molecule has 3 aromatic heterocycles. The van der Waals surface area contributed by atoms with Gasteiger partial charge >= 0.3 is 0 Å². The van der Waals surface area contributed by atoms with Gasteiger partial charge in [0.15, 0.2) is 11.6 Å². The molecule has 0 bridgehead atoms. The summed E-state index contributed by atoms with van der Waals surface area (Å²) in [5.74, 6) is 1.01. The minimum atomic E-state index is -0.660. The Morgan fingerprint density at radius 2 is 2.03 bits per heavy atom. The minimum absolute atomic E-state index is 0.197. The molecule has 1 aromatic carbocycles. The molecule has 0 radical (unpaired) electrons. The van der Waals surface area contributed by atoms with E-state index in [4.69, 9.17) is 0 Å². The Morgan fingerprint density at radius 3 is 2.73 bits per heavy atom. The van der Waals surface area contributed by atoms with E-state index in [2.05, 4.69) is 30.9 Å². The smallest absolute Gasteiger partial charge is 0.235 e. The first-order chi connectivity index (χ1) is 14.5. The van der Waals surface area contributed by atoms with Gasteiger partial charge in [-0.2, -0.15) is 5.10 Å². The molecular weight excluding hydrogens is 387 g/mol. The Hall–Kier alpha value is -3.79. The van der Waals surface area contributed by atoms with Crippen LogP contribution < -0.4 is 10.6 Å². The number of nitrogens with one attached hydrogen (secondary N) is 3. The Bertz CT molecular complexity index is 1140. The Morgan fingerprint density at radius 1 is 1.23 bits per heavy atom. The maximum Gasteiger partial charge on any atom is 0.235 e. The zero-order valence-electron chi connectivity index (χ0n) is 16.5. The second-order valence-corrected chi connectivity index (χ2v) is 7.04. The lowest BCUT2D eigenvalue weighted by Gasteiger charge is -2.20. The summed E-state index contributed by atoms with van der Waals surface area (Å²) < 4.78 is 15.2. The fraction of sp³-hybridized carbons (Fsp3) is 0.200. The predicted molar refractivity (Wildman–Crippen MR) is 110 cm³/mol. The Labute approximate surface area is 171 Å². The summed E-state index contributed by atoms with van der Waals surface area (Å²) in [7, 11) is 3.61. The molecule has 4 aromatic rings. The van der Waals surface area contributed by atoms with Crippen LogP contribution in [0.2, 0.25) is 0 Å². The molecule has 154 valence electrons. The molecule has 0 spiro atoms. The third-order valence-electron chi connectivity index (χ3n) is 4.39. The molecule has 1 atom stereocenters. The predicted octanol–water partition coefficient (Wildman–Crippen LogP) is 2.10. The molecule has 10 heteroatoms. The number of carbonyl (C=O) groups is 1. The van der Waals surface area contributed by atoms with Crippen LogP contribution in [0.5, 0.6) is 0 Å². The van der Waals surface area contributed by atoms with Gasteiger partial charge in [0.05, 0.1) is 12.7 Å². The largest absolute Gasteiger partial charge is 0.341 e. The van der Waals surface area contributed by atoms with Gasteiger partial charge in [-0.25, -0.2) is 13.9 Å². The third kappa shape index (κ3) is 4.28. The highest BCUT2D eigenvalue weighted by molar-refractivity contribution is 5.79. The van der Waals surface area contributed by atoms with Crippen molar-refractivity contribution < 1.29 is 9.18 Å². The normalized spacial score (nSPS) is 12.3. The fourth-order valence-corrected chi connectivity index (χ4v) is 3.06. The molecule has 30 heavy (non-hydrogen) atoms. The van der Waals surface area contributed by atoms with Gasteiger partial charge in [0.25, 0.3) is 0 Å². The lowest BCUT2D eigenvalue weighted by atomic mass is 10.1. The van der Waals surface area contributed by atoms with Crippen molar-refractivity contribution in [3.63, 3.8) is 0 Å². The van der Waals surface area contributed by atoms with E-state index in [-0.39, 0.29) is 18.3 Å². The van der Waals surface area contributed by atoms with Crippen molar-refractivity contribution >= 4 is 23.1 Å². The standard InChI is InChI=1S/C20H21FN8O/c1-28(2)12-17(30)24-18(13-5-7-14(21)8-6-13)20-25-19(23-16-9-10-22-26-16)15-4-3-11-29(15)27-20/h3-11,18H,12H2,1-2H3,(H,24,30)(H2,22,23,25,26,27). The highest BCUT2D eigenvalue weighted by Crippen LogP contribution is 2.24. The van der Waals surface area contributed by atoms with Crippen LogP contribution in [0.3, 0.4) is 0 Å². The molecule has 0 fully saturated rings. The second-order valence-electron chi connectivity index (χ2n) is 7.04. The van der Waals surface area contributed by atoms with E-state index in [9.17, 15) is 9.18 Å². The topological polar surface area (TPSA) is 103 Å². The van der Waals surface area contributed by atoms with E-state index in [1.54, 1.807) is 54.1 Å². The number of amides is 1. The van der Waals surface area contributed by atoms with Crippen LogP contribution in [0.4, 0.5) is 16.0 Å². The average molecular weight is 408 g/mol. The first kappa shape index (κ1) is 19.5.